The zero-order chi connectivity index (χ0) is 18.8. The molecular weight excluding hydrogens is 328 g/mol. The lowest BCUT2D eigenvalue weighted by Crippen LogP contribution is -2.33. The van der Waals surface area contributed by atoms with Gasteiger partial charge in [-0.3, -0.25) is 4.79 Å². The van der Waals surface area contributed by atoms with Crippen LogP contribution in [0.15, 0.2) is 18.3 Å². The van der Waals surface area contributed by atoms with Gasteiger partial charge in [-0.2, -0.15) is 0 Å². The molecule has 3 heterocycles. The monoisotopic (exact) mass is 356 g/mol. The lowest BCUT2D eigenvalue weighted by molar-refractivity contribution is 0.0815. The third kappa shape index (κ3) is 3.72. The highest BCUT2D eigenvalue weighted by Gasteiger charge is 2.26. The number of rotatable bonds is 5. The highest BCUT2D eigenvalue weighted by atomic mass is 16.2. The molecule has 140 valence electrons. The number of aromatic nitrogens is 3. The summed E-state index contributed by atoms with van der Waals surface area (Å²) in [6, 6.07) is 4.61. The average Bonchev–Trinajstić information content (AvgIpc) is 3.23. The molecule has 1 aliphatic heterocycles. The van der Waals surface area contributed by atoms with Gasteiger partial charge in [0, 0.05) is 70.0 Å². The second kappa shape index (κ2) is 7.45. The maximum absolute atomic E-state index is 12.3. The Bertz CT molecular complexity index is 797. The molecule has 0 bridgehead atoms. The highest BCUT2D eigenvalue weighted by molar-refractivity contribution is 5.90. The van der Waals surface area contributed by atoms with Crippen molar-refractivity contribution in [1.82, 2.24) is 24.8 Å². The maximum atomic E-state index is 12.3. The van der Waals surface area contributed by atoms with E-state index in [0.29, 0.717) is 6.04 Å². The Balaban J connectivity index is 1.71. The molecule has 2 aromatic heterocycles. The Morgan fingerprint density at radius 1 is 1.35 bits per heavy atom. The summed E-state index contributed by atoms with van der Waals surface area (Å²) in [4.78, 5) is 25.0. The molecule has 1 amide bonds. The number of nitrogens with one attached hydrogen (secondary N) is 1. The van der Waals surface area contributed by atoms with Crippen LogP contribution in [0, 0.1) is 13.8 Å². The fourth-order valence-corrected chi connectivity index (χ4v) is 3.27. The molecule has 0 unspecified atom stereocenters. The first kappa shape index (κ1) is 18.4. The van der Waals surface area contributed by atoms with Crippen LogP contribution in [-0.4, -0.2) is 58.6 Å². The van der Waals surface area contributed by atoms with Crippen molar-refractivity contribution in [3.63, 3.8) is 0 Å². The minimum Gasteiger partial charge on any atom is -0.355 e. The Hall–Kier alpha value is -2.41. The molecule has 1 fully saturated rings. The van der Waals surface area contributed by atoms with Crippen LogP contribution in [-0.2, 0) is 13.6 Å². The molecule has 0 spiro atoms. The first-order valence-electron chi connectivity index (χ1n) is 9.02. The minimum atomic E-state index is -0.160. The van der Waals surface area contributed by atoms with Crippen molar-refractivity contribution >= 4 is 11.7 Å². The number of amides is 1. The normalized spacial score (nSPS) is 17.0. The van der Waals surface area contributed by atoms with Crippen LogP contribution in [0.2, 0.25) is 0 Å². The average molecular weight is 356 g/mol. The van der Waals surface area contributed by atoms with E-state index in [1.165, 1.54) is 10.6 Å². The molecule has 7 heteroatoms. The largest absolute Gasteiger partial charge is 0.355 e. The third-order valence-electron chi connectivity index (χ3n) is 5.07. The molecule has 0 radical (unpaired) electrons. The number of nitrogens with zero attached hydrogens (tertiary/aromatic N) is 5. The van der Waals surface area contributed by atoms with Crippen molar-refractivity contribution in [1.29, 1.82) is 0 Å². The lowest BCUT2D eigenvalue weighted by Gasteiger charge is -2.22. The van der Waals surface area contributed by atoms with E-state index in [-0.39, 0.29) is 11.7 Å². The van der Waals surface area contributed by atoms with Gasteiger partial charge in [0.15, 0.2) is 0 Å². The summed E-state index contributed by atoms with van der Waals surface area (Å²) in [5, 5.41) is 3.63. The quantitative estimate of drug-likeness (QED) is 0.879. The van der Waals surface area contributed by atoms with E-state index >= 15 is 0 Å². The highest BCUT2D eigenvalue weighted by Crippen LogP contribution is 2.24. The molecule has 1 aliphatic rings. The first-order chi connectivity index (χ1) is 12.4. The van der Waals surface area contributed by atoms with Crippen LogP contribution in [0.3, 0.4) is 0 Å². The van der Waals surface area contributed by atoms with E-state index in [1.54, 1.807) is 14.1 Å². The van der Waals surface area contributed by atoms with Crippen LogP contribution in [0.5, 0.6) is 0 Å². The van der Waals surface area contributed by atoms with Crippen LogP contribution < -0.4 is 10.2 Å². The van der Waals surface area contributed by atoms with Gasteiger partial charge in [-0.25, -0.2) is 9.97 Å². The molecule has 1 N–H and O–H groups in total. The van der Waals surface area contributed by atoms with Gasteiger partial charge in [-0.1, -0.05) is 0 Å². The Morgan fingerprint density at radius 2 is 2.12 bits per heavy atom. The molecule has 0 saturated carbocycles. The number of carbonyl (C=O) groups is 1. The van der Waals surface area contributed by atoms with E-state index in [0.717, 1.165) is 43.1 Å². The van der Waals surface area contributed by atoms with Gasteiger partial charge in [0.05, 0.1) is 0 Å². The lowest BCUT2D eigenvalue weighted by atomic mass is 10.2. The standard InChI is InChI=1S/C19H28N6O/c1-13-14(2)21-17(19(26)23(3)4)22-18(13)25-10-8-15(12-25)20-11-16-7-6-9-24(16)5/h6-7,9,15,20H,8,10-12H2,1-5H3/t15-/m1/s1. The Kier molecular flexibility index (Phi) is 5.27. The zero-order valence-electron chi connectivity index (χ0n) is 16.3. The van der Waals surface area contributed by atoms with Gasteiger partial charge < -0.3 is 19.7 Å². The minimum absolute atomic E-state index is 0.160. The summed E-state index contributed by atoms with van der Waals surface area (Å²) in [6.07, 6.45) is 3.12. The van der Waals surface area contributed by atoms with E-state index in [9.17, 15) is 4.79 Å². The van der Waals surface area contributed by atoms with Gasteiger partial charge in [0.1, 0.15) is 5.82 Å². The smallest absolute Gasteiger partial charge is 0.291 e. The van der Waals surface area contributed by atoms with Crippen molar-refractivity contribution in [3.8, 4) is 0 Å². The zero-order valence-corrected chi connectivity index (χ0v) is 16.3. The fourth-order valence-electron chi connectivity index (χ4n) is 3.27. The van der Waals surface area contributed by atoms with Crippen molar-refractivity contribution < 1.29 is 4.79 Å². The van der Waals surface area contributed by atoms with Gasteiger partial charge in [0.2, 0.25) is 5.82 Å². The second-order valence-corrected chi connectivity index (χ2v) is 7.20. The first-order valence-corrected chi connectivity index (χ1v) is 9.02. The summed E-state index contributed by atoms with van der Waals surface area (Å²) in [6.45, 7) is 6.64. The van der Waals surface area contributed by atoms with Crippen molar-refractivity contribution in [2.45, 2.75) is 32.9 Å². The molecule has 26 heavy (non-hydrogen) atoms. The molecule has 1 atom stereocenters. The van der Waals surface area contributed by atoms with Crippen molar-refractivity contribution in [3.05, 3.63) is 41.1 Å². The second-order valence-electron chi connectivity index (χ2n) is 7.20. The van der Waals surface area contributed by atoms with Gasteiger partial charge in [-0.05, 0) is 32.4 Å². The van der Waals surface area contributed by atoms with Gasteiger partial charge >= 0.3 is 0 Å². The summed E-state index contributed by atoms with van der Waals surface area (Å²) in [7, 11) is 5.51. The van der Waals surface area contributed by atoms with Gasteiger partial charge in [-0.15, -0.1) is 0 Å². The predicted molar refractivity (Wildman–Crippen MR) is 102 cm³/mol. The maximum Gasteiger partial charge on any atom is 0.291 e. The van der Waals surface area contributed by atoms with Crippen LogP contribution >= 0.6 is 0 Å². The number of hydrogen-bond donors (Lipinski definition) is 1. The molecule has 0 aromatic carbocycles. The van der Waals surface area contributed by atoms with Gasteiger partial charge in [0.25, 0.3) is 5.91 Å². The third-order valence-corrected chi connectivity index (χ3v) is 5.07. The molecule has 7 nitrogen and oxygen atoms in total. The number of hydrogen-bond acceptors (Lipinski definition) is 5. The number of carbonyl (C=O) groups excluding carboxylic acids is 1. The molecular formula is C19H28N6O. The predicted octanol–water partition coefficient (Wildman–Crippen LogP) is 1.50. The topological polar surface area (TPSA) is 66.3 Å². The number of aryl methyl sites for hydroxylation is 2. The summed E-state index contributed by atoms with van der Waals surface area (Å²) in [5.74, 6) is 0.992. The van der Waals surface area contributed by atoms with E-state index in [4.69, 9.17) is 0 Å². The number of anilines is 1. The van der Waals surface area contributed by atoms with E-state index in [2.05, 4.69) is 50.1 Å². The van der Waals surface area contributed by atoms with Crippen molar-refractivity contribution in [2.75, 3.05) is 32.1 Å². The summed E-state index contributed by atoms with van der Waals surface area (Å²) in [5.41, 5.74) is 3.18. The summed E-state index contributed by atoms with van der Waals surface area (Å²) >= 11 is 0. The molecule has 2 aromatic rings. The SMILES string of the molecule is Cc1nc(C(=O)N(C)C)nc(N2CC[C@@H](NCc3cccn3C)C2)c1C. The molecule has 1 saturated heterocycles. The van der Waals surface area contributed by atoms with E-state index in [1.807, 2.05) is 13.8 Å². The Morgan fingerprint density at radius 3 is 2.77 bits per heavy atom. The van der Waals surface area contributed by atoms with Crippen LogP contribution in [0.25, 0.3) is 0 Å². The van der Waals surface area contributed by atoms with Crippen molar-refractivity contribution in [2.24, 2.45) is 7.05 Å². The fraction of sp³-hybridized carbons (Fsp3) is 0.526. The molecule has 0 aliphatic carbocycles. The van der Waals surface area contributed by atoms with Crippen LogP contribution in [0.4, 0.5) is 5.82 Å². The summed E-state index contributed by atoms with van der Waals surface area (Å²) < 4.78 is 2.14. The molecule has 3 rings (SSSR count). The Labute approximate surface area is 155 Å². The van der Waals surface area contributed by atoms with Crippen LogP contribution in [0.1, 0.15) is 34.0 Å². The van der Waals surface area contributed by atoms with E-state index < -0.39 is 0 Å².